The number of carbonyl (C=O) groups is 1. The third kappa shape index (κ3) is 2.73. The van der Waals surface area contributed by atoms with E-state index in [4.69, 9.17) is 0 Å². The van der Waals surface area contributed by atoms with E-state index in [0.29, 0.717) is 0 Å². The van der Waals surface area contributed by atoms with Gasteiger partial charge >= 0.3 is 0 Å². The first-order valence-electron chi connectivity index (χ1n) is 6.19. The molecular weight excluding hydrogens is 260 g/mol. The lowest BCUT2D eigenvalue weighted by Gasteiger charge is -2.16. The second-order valence-electron chi connectivity index (χ2n) is 4.43. The van der Waals surface area contributed by atoms with Crippen LogP contribution in [-0.2, 0) is 0 Å². The summed E-state index contributed by atoms with van der Waals surface area (Å²) in [4.78, 5) is 23.3. The highest BCUT2D eigenvalue weighted by Gasteiger charge is 2.25. The third-order valence-electron chi connectivity index (χ3n) is 3.10. The summed E-state index contributed by atoms with van der Waals surface area (Å²) >= 11 is 1.46. The first-order valence-corrected chi connectivity index (χ1v) is 7.07. The number of carbonyl (C=O) groups excluding carboxylic acids is 1. The van der Waals surface area contributed by atoms with Gasteiger partial charge in [-0.1, -0.05) is 6.07 Å². The minimum atomic E-state index is 0.0100. The van der Waals surface area contributed by atoms with Gasteiger partial charge in [-0.25, -0.2) is 9.97 Å². The van der Waals surface area contributed by atoms with Crippen LogP contribution in [0, 0.1) is 0 Å². The van der Waals surface area contributed by atoms with Crippen LogP contribution in [0.25, 0.3) is 0 Å². The van der Waals surface area contributed by atoms with E-state index in [1.165, 1.54) is 11.3 Å². The second-order valence-corrected chi connectivity index (χ2v) is 5.38. The molecule has 0 aromatic carbocycles. The van der Waals surface area contributed by atoms with Crippen molar-refractivity contribution in [2.75, 3.05) is 18.0 Å². The molecule has 5 nitrogen and oxygen atoms in total. The molecule has 19 heavy (non-hydrogen) atoms. The number of rotatable bonds is 3. The van der Waals surface area contributed by atoms with E-state index in [2.05, 4.69) is 20.2 Å². The van der Waals surface area contributed by atoms with Crippen molar-refractivity contribution in [2.45, 2.75) is 12.5 Å². The van der Waals surface area contributed by atoms with E-state index in [1.807, 2.05) is 17.5 Å². The number of aromatic nitrogens is 2. The van der Waals surface area contributed by atoms with E-state index in [0.717, 1.165) is 30.3 Å². The predicted molar refractivity (Wildman–Crippen MR) is 74.4 cm³/mol. The maximum atomic E-state index is 12.0. The zero-order valence-corrected chi connectivity index (χ0v) is 11.1. The Balaban J connectivity index is 1.59. The van der Waals surface area contributed by atoms with Crippen molar-refractivity contribution in [1.29, 1.82) is 0 Å². The van der Waals surface area contributed by atoms with E-state index >= 15 is 0 Å². The smallest absolute Gasteiger partial charge is 0.261 e. The van der Waals surface area contributed by atoms with Crippen molar-refractivity contribution in [1.82, 2.24) is 15.3 Å². The van der Waals surface area contributed by atoms with Crippen molar-refractivity contribution in [2.24, 2.45) is 0 Å². The van der Waals surface area contributed by atoms with Crippen molar-refractivity contribution in [3.63, 3.8) is 0 Å². The van der Waals surface area contributed by atoms with E-state index < -0.39 is 0 Å². The molecule has 3 rings (SSSR count). The lowest BCUT2D eigenvalue weighted by molar-refractivity contribution is 0.0944. The molecule has 3 heterocycles. The van der Waals surface area contributed by atoms with Crippen LogP contribution in [0.1, 0.15) is 16.1 Å². The molecule has 1 N–H and O–H groups in total. The minimum Gasteiger partial charge on any atom is -0.347 e. The highest BCUT2D eigenvalue weighted by Crippen LogP contribution is 2.16. The Morgan fingerprint density at radius 3 is 2.95 bits per heavy atom. The molecule has 1 amide bonds. The van der Waals surface area contributed by atoms with Gasteiger partial charge in [-0.2, -0.15) is 0 Å². The molecule has 1 atom stereocenters. The first kappa shape index (κ1) is 12.1. The molecular formula is C13H14N4OS. The summed E-state index contributed by atoms with van der Waals surface area (Å²) in [6.07, 6.45) is 4.40. The fraction of sp³-hybridized carbons (Fsp3) is 0.308. The summed E-state index contributed by atoms with van der Waals surface area (Å²) in [5.41, 5.74) is 0. The van der Waals surface area contributed by atoms with Crippen molar-refractivity contribution in [3.8, 4) is 0 Å². The predicted octanol–water partition coefficient (Wildman–Crippen LogP) is 1.55. The first-order chi connectivity index (χ1) is 9.33. The molecule has 98 valence electrons. The number of nitrogens with one attached hydrogen (secondary N) is 1. The number of hydrogen-bond acceptors (Lipinski definition) is 5. The van der Waals surface area contributed by atoms with Gasteiger partial charge in [0, 0.05) is 31.5 Å². The number of amides is 1. The molecule has 0 spiro atoms. The van der Waals surface area contributed by atoms with Crippen LogP contribution in [0.4, 0.5) is 5.95 Å². The lowest BCUT2D eigenvalue weighted by atomic mass is 10.2. The Labute approximate surface area is 115 Å². The summed E-state index contributed by atoms with van der Waals surface area (Å²) in [6.45, 7) is 1.64. The van der Waals surface area contributed by atoms with Gasteiger partial charge in [0.1, 0.15) is 0 Å². The summed E-state index contributed by atoms with van der Waals surface area (Å²) in [7, 11) is 0. The Kier molecular flexibility index (Phi) is 3.41. The molecule has 1 saturated heterocycles. The minimum absolute atomic E-state index is 0.0100. The Morgan fingerprint density at radius 1 is 1.37 bits per heavy atom. The van der Waals surface area contributed by atoms with Crippen LogP contribution in [0.5, 0.6) is 0 Å². The van der Waals surface area contributed by atoms with Gasteiger partial charge in [-0.05, 0) is 23.9 Å². The third-order valence-corrected chi connectivity index (χ3v) is 3.97. The van der Waals surface area contributed by atoms with Crippen LogP contribution in [0.15, 0.2) is 36.0 Å². The van der Waals surface area contributed by atoms with Gasteiger partial charge in [-0.15, -0.1) is 11.3 Å². The highest BCUT2D eigenvalue weighted by molar-refractivity contribution is 7.12. The van der Waals surface area contributed by atoms with Crippen LogP contribution in [-0.4, -0.2) is 35.0 Å². The van der Waals surface area contributed by atoms with Crippen molar-refractivity contribution in [3.05, 3.63) is 40.8 Å². The molecule has 0 aliphatic carbocycles. The number of thiophene rings is 1. The molecule has 2 aromatic rings. The molecule has 1 fully saturated rings. The molecule has 0 saturated carbocycles. The maximum Gasteiger partial charge on any atom is 0.261 e. The monoisotopic (exact) mass is 274 g/mol. The number of nitrogens with zero attached hydrogens (tertiary/aromatic N) is 3. The quantitative estimate of drug-likeness (QED) is 0.922. The Morgan fingerprint density at radius 2 is 2.21 bits per heavy atom. The summed E-state index contributed by atoms with van der Waals surface area (Å²) in [5, 5.41) is 4.97. The standard InChI is InChI=1S/C13H14N4OS/c18-12(11-3-1-8-19-11)16-10-4-7-17(9-10)13-14-5-2-6-15-13/h1-3,5-6,8,10H,4,7,9H2,(H,16,18). The molecule has 6 heteroatoms. The molecule has 1 aliphatic heterocycles. The molecule has 2 aromatic heterocycles. The van der Waals surface area contributed by atoms with Gasteiger partial charge in [0.2, 0.25) is 5.95 Å². The lowest BCUT2D eigenvalue weighted by Crippen LogP contribution is -2.37. The Hall–Kier alpha value is -1.95. The maximum absolute atomic E-state index is 12.0. The van der Waals surface area contributed by atoms with Gasteiger partial charge in [0.05, 0.1) is 4.88 Å². The van der Waals surface area contributed by atoms with Crippen LogP contribution in [0.2, 0.25) is 0 Å². The largest absolute Gasteiger partial charge is 0.347 e. The van der Waals surface area contributed by atoms with Crippen molar-refractivity contribution < 1.29 is 4.79 Å². The van der Waals surface area contributed by atoms with Gasteiger partial charge < -0.3 is 10.2 Å². The van der Waals surface area contributed by atoms with Gasteiger partial charge in [0.15, 0.2) is 0 Å². The fourth-order valence-corrected chi connectivity index (χ4v) is 2.81. The molecule has 1 aliphatic rings. The number of anilines is 1. The number of hydrogen-bond donors (Lipinski definition) is 1. The van der Waals surface area contributed by atoms with Gasteiger partial charge in [-0.3, -0.25) is 4.79 Å². The highest BCUT2D eigenvalue weighted by atomic mass is 32.1. The van der Waals surface area contributed by atoms with E-state index in [-0.39, 0.29) is 11.9 Å². The summed E-state index contributed by atoms with van der Waals surface area (Å²) < 4.78 is 0. The molecule has 0 radical (unpaired) electrons. The average molecular weight is 274 g/mol. The average Bonchev–Trinajstić information content (AvgIpc) is 3.11. The SMILES string of the molecule is O=C(NC1CCN(c2ncccn2)C1)c1cccs1. The zero-order chi connectivity index (χ0) is 13.1. The van der Waals surface area contributed by atoms with Crippen LogP contribution >= 0.6 is 11.3 Å². The van der Waals surface area contributed by atoms with Gasteiger partial charge in [0.25, 0.3) is 5.91 Å². The molecule has 0 bridgehead atoms. The fourth-order valence-electron chi connectivity index (χ4n) is 2.18. The second kappa shape index (κ2) is 5.36. The van der Waals surface area contributed by atoms with Crippen LogP contribution in [0.3, 0.4) is 0 Å². The van der Waals surface area contributed by atoms with E-state index in [9.17, 15) is 4.79 Å². The zero-order valence-electron chi connectivity index (χ0n) is 10.3. The molecule has 1 unspecified atom stereocenters. The normalized spacial score (nSPS) is 18.5. The topological polar surface area (TPSA) is 58.1 Å². The summed E-state index contributed by atoms with van der Waals surface area (Å²) in [5.74, 6) is 0.742. The van der Waals surface area contributed by atoms with Crippen LogP contribution < -0.4 is 10.2 Å². The van der Waals surface area contributed by atoms with E-state index in [1.54, 1.807) is 18.5 Å². The Bertz CT molecular complexity index is 543. The summed E-state index contributed by atoms with van der Waals surface area (Å²) in [6, 6.07) is 5.69. The van der Waals surface area contributed by atoms with Crippen molar-refractivity contribution >= 4 is 23.2 Å².